The molecule has 5 nitrogen and oxygen atoms in total. The first-order valence-electron chi connectivity index (χ1n) is 8.02. The van der Waals surface area contributed by atoms with Crippen LogP contribution in [0, 0.1) is 5.41 Å². The van der Waals surface area contributed by atoms with Crippen LogP contribution in [0.1, 0.15) is 31.7 Å². The maximum absolute atomic E-state index is 12.3. The van der Waals surface area contributed by atoms with E-state index in [1.54, 1.807) is 0 Å². The minimum atomic E-state index is -0.0450. The highest BCUT2D eigenvalue weighted by Crippen LogP contribution is 2.37. The highest BCUT2D eigenvalue weighted by Gasteiger charge is 2.41. The van der Waals surface area contributed by atoms with Crippen molar-refractivity contribution in [1.82, 2.24) is 10.2 Å². The van der Waals surface area contributed by atoms with Crippen LogP contribution in [-0.4, -0.2) is 36.5 Å². The normalized spacial score (nSPS) is 20.0. The topological polar surface area (TPSA) is 61.4 Å². The van der Waals surface area contributed by atoms with Crippen molar-refractivity contribution in [3.8, 4) is 0 Å². The van der Waals surface area contributed by atoms with E-state index in [0.717, 1.165) is 31.5 Å². The first-order chi connectivity index (χ1) is 10.6. The van der Waals surface area contributed by atoms with E-state index >= 15 is 0 Å². The number of anilines is 1. The molecule has 2 heterocycles. The van der Waals surface area contributed by atoms with Gasteiger partial charge in [0, 0.05) is 31.7 Å². The average molecular weight is 301 g/mol. The zero-order valence-corrected chi connectivity index (χ0v) is 13.0. The molecular formula is C17H23N3O2. The first-order valence-corrected chi connectivity index (χ1v) is 8.02. The lowest BCUT2D eigenvalue weighted by Crippen LogP contribution is -2.45. The van der Waals surface area contributed by atoms with Crippen molar-refractivity contribution >= 4 is 17.6 Å². The number of nitrogens with one attached hydrogen (secondary N) is 2. The Bertz CT molecular complexity index is 560. The maximum atomic E-state index is 12.3. The summed E-state index contributed by atoms with van der Waals surface area (Å²) in [7, 11) is 0. The zero-order chi connectivity index (χ0) is 15.6. The van der Waals surface area contributed by atoms with Gasteiger partial charge in [0.15, 0.2) is 0 Å². The lowest BCUT2D eigenvalue weighted by atomic mass is 9.78. The number of hydrogen-bond donors (Lipinski definition) is 2. The van der Waals surface area contributed by atoms with Gasteiger partial charge in [0.25, 0.3) is 0 Å². The number of benzene rings is 1. The van der Waals surface area contributed by atoms with Crippen LogP contribution in [0.4, 0.5) is 10.5 Å². The Morgan fingerprint density at radius 1 is 1.27 bits per heavy atom. The Kier molecular flexibility index (Phi) is 4.05. The Morgan fingerprint density at radius 3 is 2.50 bits per heavy atom. The molecule has 2 aliphatic heterocycles. The average Bonchev–Trinajstić information content (AvgIpc) is 2.89. The van der Waals surface area contributed by atoms with Gasteiger partial charge in [0.2, 0.25) is 5.91 Å². The number of hydrogen-bond acceptors (Lipinski definition) is 2. The van der Waals surface area contributed by atoms with Gasteiger partial charge in [-0.25, -0.2) is 4.79 Å². The van der Waals surface area contributed by atoms with Gasteiger partial charge in [0.05, 0.1) is 0 Å². The van der Waals surface area contributed by atoms with Crippen molar-refractivity contribution in [3.63, 3.8) is 0 Å². The van der Waals surface area contributed by atoms with Crippen molar-refractivity contribution in [3.05, 3.63) is 29.8 Å². The van der Waals surface area contributed by atoms with E-state index in [0.29, 0.717) is 19.5 Å². The third-order valence-corrected chi connectivity index (χ3v) is 4.92. The van der Waals surface area contributed by atoms with Crippen LogP contribution in [-0.2, 0) is 11.2 Å². The summed E-state index contributed by atoms with van der Waals surface area (Å²) >= 11 is 0. The lowest BCUT2D eigenvalue weighted by Gasteiger charge is -2.38. The Hall–Kier alpha value is -2.04. The van der Waals surface area contributed by atoms with E-state index in [4.69, 9.17) is 0 Å². The van der Waals surface area contributed by atoms with Crippen molar-refractivity contribution in [2.45, 2.75) is 32.6 Å². The third-order valence-electron chi connectivity index (χ3n) is 4.92. The van der Waals surface area contributed by atoms with Crippen LogP contribution >= 0.6 is 0 Å². The molecule has 0 atom stereocenters. The fraction of sp³-hybridized carbons (Fsp3) is 0.529. The molecule has 22 heavy (non-hydrogen) atoms. The quantitative estimate of drug-likeness (QED) is 0.881. The van der Waals surface area contributed by atoms with E-state index in [9.17, 15) is 9.59 Å². The zero-order valence-electron chi connectivity index (χ0n) is 13.0. The van der Waals surface area contributed by atoms with Crippen LogP contribution < -0.4 is 10.6 Å². The van der Waals surface area contributed by atoms with E-state index in [-0.39, 0.29) is 17.4 Å². The van der Waals surface area contributed by atoms with Gasteiger partial charge in [0.1, 0.15) is 0 Å². The summed E-state index contributed by atoms with van der Waals surface area (Å²) < 4.78 is 0. The molecule has 2 saturated heterocycles. The number of likely N-dealkylation sites (tertiary alicyclic amines) is 1. The standard InChI is InChI=1S/C17H23N3O2/c1-2-13-3-5-14(6-4-13)19-16(22)20-9-7-17(8-10-20)11-15(21)18-12-17/h3-6H,2,7-12H2,1H3,(H,18,21)(H,19,22). The van der Waals surface area contributed by atoms with Gasteiger partial charge in [-0.2, -0.15) is 0 Å². The van der Waals surface area contributed by atoms with Crippen LogP contribution in [0.15, 0.2) is 24.3 Å². The number of urea groups is 1. The second kappa shape index (κ2) is 5.99. The van der Waals surface area contributed by atoms with Gasteiger partial charge in [-0.3, -0.25) is 4.79 Å². The number of carbonyl (C=O) groups is 2. The predicted molar refractivity (Wildman–Crippen MR) is 85.7 cm³/mol. The number of aryl methyl sites for hydroxylation is 1. The summed E-state index contributed by atoms with van der Waals surface area (Å²) in [6.45, 7) is 4.31. The number of carbonyl (C=O) groups excluding carboxylic acids is 2. The van der Waals surface area contributed by atoms with Gasteiger partial charge in [-0.05, 0) is 42.4 Å². The molecule has 2 aliphatic rings. The van der Waals surface area contributed by atoms with Crippen LogP contribution in [0.25, 0.3) is 0 Å². The molecule has 118 valence electrons. The van der Waals surface area contributed by atoms with Crippen LogP contribution in [0.2, 0.25) is 0 Å². The summed E-state index contributed by atoms with van der Waals surface area (Å²) in [6, 6.07) is 7.92. The van der Waals surface area contributed by atoms with Crippen LogP contribution in [0.3, 0.4) is 0 Å². The first kappa shape index (κ1) is 14.9. The molecule has 1 aromatic rings. The molecule has 0 saturated carbocycles. The van der Waals surface area contributed by atoms with Crippen molar-refractivity contribution < 1.29 is 9.59 Å². The second-order valence-electron chi connectivity index (χ2n) is 6.42. The monoisotopic (exact) mass is 301 g/mol. The largest absolute Gasteiger partial charge is 0.356 e. The fourth-order valence-electron chi connectivity index (χ4n) is 3.32. The third kappa shape index (κ3) is 3.08. The van der Waals surface area contributed by atoms with E-state index in [2.05, 4.69) is 17.6 Å². The van der Waals surface area contributed by atoms with E-state index < -0.39 is 0 Å². The molecule has 3 rings (SSSR count). The molecule has 1 spiro atoms. The SMILES string of the molecule is CCc1ccc(NC(=O)N2CCC3(CC2)CNC(=O)C3)cc1. The number of rotatable bonds is 2. The van der Waals surface area contributed by atoms with Gasteiger partial charge in [-0.15, -0.1) is 0 Å². The lowest BCUT2D eigenvalue weighted by molar-refractivity contribution is -0.119. The summed E-state index contributed by atoms with van der Waals surface area (Å²) in [4.78, 5) is 25.6. The molecule has 2 N–H and O–H groups in total. The highest BCUT2D eigenvalue weighted by atomic mass is 16.2. The minimum absolute atomic E-state index is 0.0450. The fourth-order valence-corrected chi connectivity index (χ4v) is 3.32. The molecule has 5 heteroatoms. The minimum Gasteiger partial charge on any atom is -0.356 e. The Labute approximate surface area is 131 Å². The molecule has 3 amide bonds. The molecule has 0 radical (unpaired) electrons. The van der Waals surface area contributed by atoms with Gasteiger partial charge < -0.3 is 15.5 Å². The molecule has 0 unspecified atom stereocenters. The van der Waals surface area contributed by atoms with E-state index in [1.165, 1.54) is 5.56 Å². The highest BCUT2D eigenvalue weighted by molar-refractivity contribution is 5.89. The molecule has 0 aromatic heterocycles. The van der Waals surface area contributed by atoms with Gasteiger partial charge in [-0.1, -0.05) is 19.1 Å². The summed E-state index contributed by atoms with van der Waals surface area (Å²) in [5.41, 5.74) is 2.17. The second-order valence-corrected chi connectivity index (χ2v) is 6.42. The maximum Gasteiger partial charge on any atom is 0.321 e. The number of amides is 3. The molecule has 0 aliphatic carbocycles. The smallest absolute Gasteiger partial charge is 0.321 e. The van der Waals surface area contributed by atoms with Crippen molar-refractivity contribution in [1.29, 1.82) is 0 Å². The predicted octanol–water partition coefficient (Wildman–Crippen LogP) is 2.38. The molecule has 2 fully saturated rings. The molecule has 0 bridgehead atoms. The summed E-state index contributed by atoms with van der Waals surface area (Å²) in [5, 5.41) is 5.87. The molecule has 1 aromatic carbocycles. The van der Waals surface area contributed by atoms with Crippen molar-refractivity contribution in [2.24, 2.45) is 5.41 Å². The van der Waals surface area contributed by atoms with Crippen molar-refractivity contribution in [2.75, 3.05) is 25.0 Å². The Morgan fingerprint density at radius 2 is 1.95 bits per heavy atom. The van der Waals surface area contributed by atoms with Crippen LogP contribution in [0.5, 0.6) is 0 Å². The number of piperidine rings is 1. The Balaban J connectivity index is 1.54. The summed E-state index contributed by atoms with van der Waals surface area (Å²) in [6.07, 6.45) is 3.40. The van der Waals surface area contributed by atoms with E-state index in [1.807, 2.05) is 29.2 Å². The summed E-state index contributed by atoms with van der Waals surface area (Å²) in [5.74, 6) is 0.147. The number of nitrogens with zero attached hydrogens (tertiary/aromatic N) is 1. The van der Waals surface area contributed by atoms with Gasteiger partial charge >= 0.3 is 6.03 Å². The molecular weight excluding hydrogens is 278 g/mol.